The maximum absolute atomic E-state index is 6.02. The maximum atomic E-state index is 6.02. The monoisotopic (exact) mass is 370 g/mol. The Hall–Kier alpha value is -2.34. The van der Waals surface area contributed by atoms with E-state index in [1.54, 1.807) is 0 Å². The summed E-state index contributed by atoms with van der Waals surface area (Å²) in [4.78, 5) is 8.85. The van der Waals surface area contributed by atoms with Crippen molar-refractivity contribution in [2.24, 2.45) is 0 Å². The lowest BCUT2D eigenvalue weighted by atomic mass is 10.1. The Balaban J connectivity index is 1.63. The number of nitrogen functional groups attached to an aromatic ring is 1. The third kappa shape index (κ3) is 2.70. The molecule has 1 aliphatic rings. The molecule has 3 aromatic rings. The minimum Gasteiger partial charge on any atom is -0.493 e. The van der Waals surface area contributed by atoms with Crippen LogP contribution in [0.2, 0.25) is 0 Å². The molecule has 1 aliphatic heterocycles. The fourth-order valence-corrected chi connectivity index (χ4v) is 3.38. The van der Waals surface area contributed by atoms with E-state index < -0.39 is 0 Å². The van der Waals surface area contributed by atoms with Crippen LogP contribution < -0.4 is 15.8 Å². The first kappa shape index (κ1) is 14.3. The van der Waals surface area contributed by atoms with E-state index in [2.05, 4.69) is 43.3 Å². The molecular weight excluding hydrogens is 356 g/mol. The number of ether oxygens (including phenoxy) is 1. The van der Waals surface area contributed by atoms with E-state index in [-0.39, 0.29) is 0 Å². The lowest BCUT2D eigenvalue weighted by Gasteiger charge is -2.11. The first-order chi connectivity index (χ1) is 11.2. The molecular formula is C17H15BrN4O. The Labute approximate surface area is 142 Å². The number of para-hydroxylation sites is 1. The van der Waals surface area contributed by atoms with Gasteiger partial charge in [0.25, 0.3) is 0 Å². The highest BCUT2D eigenvalue weighted by molar-refractivity contribution is 9.10. The van der Waals surface area contributed by atoms with Crippen LogP contribution in [0.1, 0.15) is 11.1 Å². The van der Waals surface area contributed by atoms with Crippen LogP contribution in [-0.4, -0.2) is 16.6 Å². The van der Waals surface area contributed by atoms with Crippen molar-refractivity contribution < 1.29 is 4.74 Å². The Bertz CT molecular complexity index is 897. The second-order valence-corrected chi connectivity index (χ2v) is 6.37. The van der Waals surface area contributed by atoms with E-state index in [9.17, 15) is 0 Å². The molecule has 0 bridgehead atoms. The molecule has 0 amide bonds. The predicted octanol–water partition coefficient (Wildman–Crippen LogP) is 3.52. The van der Waals surface area contributed by atoms with Crippen LogP contribution in [0.4, 0.5) is 11.8 Å². The Kier molecular flexibility index (Phi) is 3.53. The molecule has 4 rings (SSSR count). The first-order valence-electron chi connectivity index (χ1n) is 7.41. The molecule has 0 atom stereocenters. The lowest BCUT2D eigenvalue weighted by Crippen LogP contribution is -2.07. The van der Waals surface area contributed by atoms with E-state index >= 15 is 0 Å². The van der Waals surface area contributed by atoms with Gasteiger partial charge in [0.05, 0.1) is 12.1 Å². The van der Waals surface area contributed by atoms with Crippen molar-refractivity contribution in [2.45, 2.75) is 13.0 Å². The van der Waals surface area contributed by atoms with Gasteiger partial charge in [-0.05, 0) is 29.8 Å². The number of anilines is 2. The van der Waals surface area contributed by atoms with Crippen LogP contribution in [0.5, 0.6) is 5.75 Å². The minimum atomic E-state index is 0.480. The summed E-state index contributed by atoms with van der Waals surface area (Å²) in [6.45, 7) is 1.32. The summed E-state index contributed by atoms with van der Waals surface area (Å²) in [6, 6.07) is 11.9. The molecule has 0 radical (unpaired) electrons. The highest BCUT2D eigenvalue weighted by Gasteiger charge is 2.17. The standard InChI is InChI=1S/C17H15BrN4O/c18-12-7-10-5-6-23-15(10)11(8-12)9-20-17-21-14-4-2-1-3-13(14)16(19)22-17/h1-4,7-8H,5-6,9H2,(H3,19,20,21,22). The molecule has 23 heavy (non-hydrogen) atoms. The van der Waals surface area contributed by atoms with E-state index in [0.717, 1.165) is 39.7 Å². The number of nitrogens with one attached hydrogen (secondary N) is 1. The third-order valence-electron chi connectivity index (χ3n) is 3.90. The van der Waals surface area contributed by atoms with Crippen molar-refractivity contribution in [2.75, 3.05) is 17.7 Å². The molecule has 5 nitrogen and oxygen atoms in total. The second kappa shape index (κ2) is 5.70. The summed E-state index contributed by atoms with van der Waals surface area (Å²) in [5.74, 6) is 1.97. The predicted molar refractivity (Wildman–Crippen MR) is 94.6 cm³/mol. The molecule has 2 heterocycles. The number of aromatic nitrogens is 2. The highest BCUT2D eigenvalue weighted by Crippen LogP contribution is 2.33. The topological polar surface area (TPSA) is 73.1 Å². The Morgan fingerprint density at radius 3 is 3.00 bits per heavy atom. The van der Waals surface area contributed by atoms with Crippen LogP contribution >= 0.6 is 15.9 Å². The van der Waals surface area contributed by atoms with Gasteiger partial charge in [0, 0.05) is 28.4 Å². The van der Waals surface area contributed by atoms with Crippen molar-refractivity contribution in [3.05, 3.63) is 52.0 Å². The number of nitrogens with zero attached hydrogens (tertiary/aromatic N) is 2. The van der Waals surface area contributed by atoms with Crippen LogP contribution in [0, 0.1) is 0 Å². The van der Waals surface area contributed by atoms with Crippen molar-refractivity contribution in [1.29, 1.82) is 0 Å². The lowest BCUT2D eigenvalue weighted by molar-refractivity contribution is 0.354. The number of rotatable bonds is 3. The molecule has 0 aliphatic carbocycles. The number of hydrogen-bond donors (Lipinski definition) is 2. The molecule has 0 unspecified atom stereocenters. The van der Waals surface area contributed by atoms with Gasteiger partial charge >= 0.3 is 0 Å². The van der Waals surface area contributed by atoms with Gasteiger partial charge in [-0.3, -0.25) is 0 Å². The van der Waals surface area contributed by atoms with Crippen LogP contribution in [0.15, 0.2) is 40.9 Å². The van der Waals surface area contributed by atoms with Gasteiger partial charge in [-0.1, -0.05) is 28.1 Å². The fraction of sp³-hybridized carbons (Fsp3) is 0.176. The molecule has 3 N–H and O–H groups in total. The number of nitrogens with two attached hydrogens (primary N) is 1. The molecule has 0 saturated carbocycles. The number of fused-ring (bicyclic) bond motifs is 2. The first-order valence-corrected chi connectivity index (χ1v) is 8.20. The summed E-state index contributed by atoms with van der Waals surface area (Å²) < 4.78 is 6.79. The summed E-state index contributed by atoms with van der Waals surface area (Å²) in [7, 11) is 0. The maximum Gasteiger partial charge on any atom is 0.225 e. The van der Waals surface area contributed by atoms with Crippen molar-refractivity contribution in [3.63, 3.8) is 0 Å². The summed E-state index contributed by atoms with van der Waals surface area (Å²) >= 11 is 3.55. The van der Waals surface area contributed by atoms with E-state index in [1.165, 1.54) is 5.56 Å². The average Bonchev–Trinajstić information content (AvgIpc) is 3.01. The summed E-state index contributed by atoms with van der Waals surface area (Å²) in [5, 5.41) is 4.11. The zero-order valence-corrected chi connectivity index (χ0v) is 13.9. The fourth-order valence-electron chi connectivity index (χ4n) is 2.83. The van der Waals surface area contributed by atoms with Gasteiger partial charge in [-0.25, -0.2) is 4.98 Å². The molecule has 0 fully saturated rings. The van der Waals surface area contributed by atoms with E-state index in [0.29, 0.717) is 18.3 Å². The highest BCUT2D eigenvalue weighted by atomic mass is 79.9. The molecule has 0 saturated heterocycles. The largest absolute Gasteiger partial charge is 0.493 e. The molecule has 0 spiro atoms. The van der Waals surface area contributed by atoms with E-state index in [4.69, 9.17) is 10.5 Å². The molecule has 1 aromatic heterocycles. The van der Waals surface area contributed by atoms with Crippen molar-refractivity contribution in [1.82, 2.24) is 9.97 Å². The van der Waals surface area contributed by atoms with E-state index in [1.807, 2.05) is 24.3 Å². The van der Waals surface area contributed by atoms with Gasteiger partial charge in [-0.2, -0.15) is 4.98 Å². The number of hydrogen-bond acceptors (Lipinski definition) is 5. The zero-order chi connectivity index (χ0) is 15.8. The second-order valence-electron chi connectivity index (χ2n) is 5.45. The molecule has 6 heteroatoms. The van der Waals surface area contributed by atoms with Crippen LogP contribution in [0.3, 0.4) is 0 Å². The minimum absolute atomic E-state index is 0.480. The van der Waals surface area contributed by atoms with Gasteiger partial charge in [0.1, 0.15) is 11.6 Å². The SMILES string of the molecule is Nc1nc(NCc2cc(Br)cc3c2OCC3)nc2ccccc12. The van der Waals surface area contributed by atoms with Gasteiger partial charge in [-0.15, -0.1) is 0 Å². The van der Waals surface area contributed by atoms with Crippen molar-refractivity contribution >= 4 is 38.6 Å². The average molecular weight is 371 g/mol. The Morgan fingerprint density at radius 2 is 2.09 bits per heavy atom. The van der Waals surface area contributed by atoms with Gasteiger partial charge in [0.2, 0.25) is 5.95 Å². The summed E-state index contributed by atoms with van der Waals surface area (Å²) in [5.41, 5.74) is 9.17. The zero-order valence-electron chi connectivity index (χ0n) is 12.3. The third-order valence-corrected chi connectivity index (χ3v) is 4.35. The summed E-state index contributed by atoms with van der Waals surface area (Å²) in [6.07, 6.45) is 0.946. The van der Waals surface area contributed by atoms with Gasteiger partial charge in [0.15, 0.2) is 0 Å². The quantitative estimate of drug-likeness (QED) is 0.737. The van der Waals surface area contributed by atoms with Gasteiger partial charge < -0.3 is 15.8 Å². The van der Waals surface area contributed by atoms with Crippen molar-refractivity contribution in [3.8, 4) is 5.75 Å². The molecule has 2 aromatic carbocycles. The molecule has 116 valence electrons. The smallest absolute Gasteiger partial charge is 0.225 e. The van der Waals surface area contributed by atoms with Crippen LogP contribution in [-0.2, 0) is 13.0 Å². The normalized spacial score (nSPS) is 12.9. The Morgan fingerprint density at radius 1 is 1.22 bits per heavy atom. The number of benzene rings is 2. The number of halogens is 1. The van der Waals surface area contributed by atoms with Crippen LogP contribution in [0.25, 0.3) is 10.9 Å².